The van der Waals surface area contributed by atoms with Crippen LogP contribution in [0.25, 0.3) is 60.8 Å². The molecular weight excluding hydrogens is 514 g/mol. The molecule has 1 aliphatic rings. The van der Waals surface area contributed by atoms with Crippen LogP contribution in [0.5, 0.6) is 0 Å². The number of anilines is 3. The van der Waals surface area contributed by atoms with Crippen LogP contribution in [0.3, 0.4) is 0 Å². The molecule has 0 saturated carbocycles. The molecule has 3 heterocycles. The molecule has 0 fully saturated rings. The maximum atomic E-state index is 5.28. The van der Waals surface area contributed by atoms with Gasteiger partial charge in [-0.2, -0.15) is 0 Å². The first kappa shape index (κ1) is 22.9. The maximum absolute atomic E-state index is 5.28. The Morgan fingerprint density at radius 1 is 0.476 bits per heavy atom. The lowest BCUT2D eigenvalue weighted by Crippen LogP contribution is -2.17. The Kier molecular flexibility index (Phi) is 4.83. The van der Waals surface area contributed by atoms with Crippen molar-refractivity contribution in [1.82, 2.24) is 19.5 Å². The lowest BCUT2D eigenvalue weighted by atomic mass is 9.97. The summed E-state index contributed by atoms with van der Waals surface area (Å²) in [6, 6.07) is 48.5. The molecule has 0 radical (unpaired) electrons. The molecule has 9 rings (SSSR count). The number of hydrogen-bond acceptors (Lipinski definition) is 4. The smallest absolute Gasteiger partial charge is 0.238 e. The third kappa shape index (κ3) is 3.34. The fraction of sp³-hybridized carbons (Fsp3) is 0. The first-order valence-corrected chi connectivity index (χ1v) is 14.1. The van der Waals surface area contributed by atoms with Crippen molar-refractivity contribution in [3.8, 4) is 28.1 Å². The first-order valence-electron chi connectivity index (χ1n) is 14.1. The molecule has 8 aromatic rings. The van der Waals surface area contributed by atoms with Gasteiger partial charge in [-0.1, -0.05) is 103 Å². The summed E-state index contributed by atoms with van der Waals surface area (Å²) in [5.41, 5.74) is 9.08. The standard InChI is InChI=1S/C37H23N5/c1-2-12-24(13-3-1)35-28-17-6-8-18-30(28)38-36(40-35)42-32-20-10-7-16-27(32)29-22-25-14-4-5-15-26(25)23-34(29)41-33-21-11-9-19-31(33)39-37(41)42/h1-23H. The van der Waals surface area contributed by atoms with Gasteiger partial charge in [-0.05, 0) is 47.2 Å². The number of para-hydroxylation sites is 4. The molecule has 196 valence electrons. The minimum atomic E-state index is 0.578. The van der Waals surface area contributed by atoms with Crippen LogP contribution >= 0.6 is 0 Å². The van der Waals surface area contributed by atoms with E-state index in [-0.39, 0.29) is 0 Å². The quantitative estimate of drug-likeness (QED) is 0.220. The Morgan fingerprint density at radius 3 is 2.05 bits per heavy atom. The van der Waals surface area contributed by atoms with Crippen molar-refractivity contribution in [2.24, 2.45) is 0 Å². The van der Waals surface area contributed by atoms with Crippen LogP contribution in [0.15, 0.2) is 140 Å². The molecule has 2 aromatic heterocycles. The number of nitrogens with zero attached hydrogens (tertiary/aromatic N) is 5. The van der Waals surface area contributed by atoms with E-state index in [0.29, 0.717) is 5.95 Å². The van der Waals surface area contributed by atoms with E-state index in [4.69, 9.17) is 15.0 Å². The van der Waals surface area contributed by atoms with Crippen LogP contribution in [0.1, 0.15) is 0 Å². The van der Waals surface area contributed by atoms with Gasteiger partial charge >= 0.3 is 0 Å². The zero-order valence-corrected chi connectivity index (χ0v) is 22.5. The van der Waals surface area contributed by atoms with Crippen molar-refractivity contribution in [1.29, 1.82) is 0 Å². The molecule has 1 aliphatic heterocycles. The average Bonchev–Trinajstić information content (AvgIpc) is 3.38. The highest BCUT2D eigenvalue weighted by Crippen LogP contribution is 2.48. The van der Waals surface area contributed by atoms with Crippen LogP contribution in [0.4, 0.5) is 17.6 Å². The Hall–Kier alpha value is -5.81. The minimum absolute atomic E-state index is 0.578. The van der Waals surface area contributed by atoms with Crippen molar-refractivity contribution in [3.63, 3.8) is 0 Å². The van der Waals surface area contributed by atoms with Crippen LogP contribution < -0.4 is 4.90 Å². The van der Waals surface area contributed by atoms with Gasteiger partial charge in [0.25, 0.3) is 0 Å². The minimum Gasteiger partial charge on any atom is -0.277 e. The van der Waals surface area contributed by atoms with Gasteiger partial charge in [-0.3, -0.25) is 4.57 Å². The number of hydrogen-bond donors (Lipinski definition) is 0. The van der Waals surface area contributed by atoms with Crippen molar-refractivity contribution < 1.29 is 0 Å². The number of imidazole rings is 1. The molecule has 5 heteroatoms. The average molecular weight is 538 g/mol. The summed E-state index contributed by atoms with van der Waals surface area (Å²) in [5.74, 6) is 1.33. The molecule has 5 nitrogen and oxygen atoms in total. The van der Waals surface area contributed by atoms with Gasteiger partial charge in [0.2, 0.25) is 11.9 Å². The monoisotopic (exact) mass is 537 g/mol. The SMILES string of the molecule is c1ccc(-c2nc(N3c4ccccc4-c4cc5ccccc5cc4-n4c3nc3ccccc34)nc3ccccc23)cc1. The van der Waals surface area contributed by atoms with Crippen LogP contribution in [-0.4, -0.2) is 19.5 Å². The molecule has 6 aromatic carbocycles. The van der Waals surface area contributed by atoms with E-state index in [9.17, 15) is 0 Å². The number of benzene rings is 6. The van der Waals surface area contributed by atoms with E-state index < -0.39 is 0 Å². The van der Waals surface area contributed by atoms with Crippen LogP contribution in [0, 0.1) is 0 Å². The predicted molar refractivity (Wildman–Crippen MR) is 171 cm³/mol. The van der Waals surface area contributed by atoms with Gasteiger partial charge in [0.05, 0.1) is 33.6 Å². The summed E-state index contributed by atoms with van der Waals surface area (Å²) >= 11 is 0. The molecular formula is C37H23N5. The maximum Gasteiger partial charge on any atom is 0.238 e. The summed E-state index contributed by atoms with van der Waals surface area (Å²) in [7, 11) is 0. The molecule has 0 N–H and O–H groups in total. The molecule has 0 atom stereocenters. The second-order valence-corrected chi connectivity index (χ2v) is 10.6. The number of rotatable bonds is 2. The summed E-state index contributed by atoms with van der Waals surface area (Å²) in [5, 5.41) is 3.39. The van der Waals surface area contributed by atoms with E-state index in [1.165, 1.54) is 10.8 Å². The van der Waals surface area contributed by atoms with E-state index in [1.54, 1.807) is 0 Å². The Bertz CT molecular complexity index is 2320. The van der Waals surface area contributed by atoms with Crippen molar-refractivity contribution in [3.05, 3.63) is 140 Å². The Morgan fingerprint density at radius 2 is 1.17 bits per heavy atom. The molecule has 0 saturated heterocycles. The first-order chi connectivity index (χ1) is 20.8. The molecule has 0 amide bonds. The predicted octanol–water partition coefficient (Wildman–Crippen LogP) is 9.24. The van der Waals surface area contributed by atoms with Gasteiger partial charge < -0.3 is 0 Å². The largest absolute Gasteiger partial charge is 0.277 e. The fourth-order valence-electron chi connectivity index (χ4n) is 6.21. The number of aromatic nitrogens is 4. The normalized spacial score (nSPS) is 12.2. The number of fused-ring (bicyclic) bond motifs is 9. The van der Waals surface area contributed by atoms with E-state index in [0.717, 1.165) is 61.6 Å². The molecule has 0 unspecified atom stereocenters. The van der Waals surface area contributed by atoms with E-state index in [2.05, 4.69) is 113 Å². The Labute approximate surface area is 242 Å². The lowest BCUT2D eigenvalue weighted by Gasteiger charge is -2.23. The van der Waals surface area contributed by atoms with Crippen molar-refractivity contribution in [2.75, 3.05) is 4.90 Å². The summed E-state index contributed by atoms with van der Waals surface area (Å²) < 4.78 is 2.26. The summed E-state index contributed by atoms with van der Waals surface area (Å²) in [6.45, 7) is 0. The summed E-state index contributed by atoms with van der Waals surface area (Å²) in [4.78, 5) is 17.8. The highest BCUT2D eigenvalue weighted by atomic mass is 15.4. The molecule has 0 aliphatic carbocycles. The summed E-state index contributed by atoms with van der Waals surface area (Å²) in [6.07, 6.45) is 0. The van der Waals surface area contributed by atoms with Crippen LogP contribution in [0.2, 0.25) is 0 Å². The van der Waals surface area contributed by atoms with E-state index >= 15 is 0 Å². The highest BCUT2D eigenvalue weighted by Gasteiger charge is 2.31. The van der Waals surface area contributed by atoms with Gasteiger partial charge in [0, 0.05) is 22.1 Å². The topological polar surface area (TPSA) is 46.8 Å². The van der Waals surface area contributed by atoms with E-state index in [1.807, 2.05) is 36.4 Å². The van der Waals surface area contributed by atoms with Crippen molar-refractivity contribution >= 4 is 50.3 Å². The van der Waals surface area contributed by atoms with Crippen molar-refractivity contribution in [2.45, 2.75) is 0 Å². The third-order valence-corrected chi connectivity index (χ3v) is 8.12. The van der Waals surface area contributed by atoms with Gasteiger partial charge in [-0.15, -0.1) is 0 Å². The molecule has 42 heavy (non-hydrogen) atoms. The molecule has 0 bridgehead atoms. The van der Waals surface area contributed by atoms with Gasteiger partial charge in [0.15, 0.2) is 0 Å². The molecule has 0 spiro atoms. The lowest BCUT2D eigenvalue weighted by molar-refractivity contribution is 1.01. The highest BCUT2D eigenvalue weighted by molar-refractivity contribution is 6.01. The van der Waals surface area contributed by atoms with Gasteiger partial charge in [0.1, 0.15) is 0 Å². The van der Waals surface area contributed by atoms with Crippen LogP contribution in [-0.2, 0) is 0 Å². The second-order valence-electron chi connectivity index (χ2n) is 10.6. The Balaban J connectivity index is 1.43. The zero-order valence-electron chi connectivity index (χ0n) is 22.5. The third-order valence-electron chi connectivity index (χ3n) is 8.12. The fourth-order valence-corrected chi connectivity index (χ4v) is 6.21. The van der Waals surface area contributed by atoms with Gasteiger partial charge in [-0.25, -0.2) is 19.9 Å². The second kappa shape index (κ2) is 8.85. The zero-order chi connectivity index (χ0) is 27.6.